The number of carbonyl (C=O) groups excluding carboxylic acids is 1. The maximum Gasteiger partial charge on any atom is 0.133 e. The van der Waals surface area contributed by atoms with Gasteiger partial charge in [-0.25, -0.2) is 0 Å². The Balaban J connectivity index is 1.53. The fraction of sp³-hybridized carbons (Fsp3) is 0.966. The zero-order valence-electron chi connectivity index (χ0n) is 21.1. The Labute approximate surface area is 186 Å². The number of carbonyl (C=O) groups is 1. The maximum absolute atomic E-state index is 12.4. The molecule has 0 spiro atoms. The Morgan fingerprint density at radius 2 is 1.23 bits per heavy atom. The highest BCUT2D eigenvalue weighted by atomic mass is 16.1. The van der Waals surface area contributed by atoms with E-state index in [1.807, 2.05) is 6.92 Å². The second kappa shape index (κ2) is 6.38. The van der Waals surface area contributed by atoms with E-state index in [2.05, 4.69) is 41.5 Å². The van der Waals surface area contributed by atoms with Gasteiger partial charge in [-0.05, 0) is 122 Å². The highest BCUT2D eigenvalue weighted by Crippen LogP contribution is 2.77. The molecule has 0 radical (unpaired) electrons. The van der Waals surface area contributed by atoms with Crippen molar-refractivity contribution < 1.29 is 4.79 Å². The molecule has 0 aliphatic heterocycles. The summed E-state index contributed by atoms with van der Waals surface area (Å²) in [5.41, 5.74) is 2.41. The largest absolute Gasteiger partial charge is 0.300 e. The van der Waals surface area contributed by atoms with Gasteiger partial charge < -0.3 is 0 Å². The summed E-state index contributed by atoms with van der Waals surface area (Å²) in [7, 11) is 0. The summed E-state index contributed by atoms with van der Waals surface area (Å²) in [6.07, 6.45) is 15.3. The third-order valence-electron chi connectivity index (χ3n) is 13.2. The molecule has 0 heterocycles. The van der Waals surface area contributed by atoms with E-state index in [0.717, 1.165) is 24.2 Å². The molecule has 0 aromatic carbocycles. The summed E-state index contributed by atoms with van der Waals surface area (Å²) < 4.78 is 0. The van der Waals surface area contributed by atoms with E-state index in [0.29, 0.717) is 44.7 Å². The van der Waals surface area contributed by atoms with Crippen LogP contribution in [0.4, 0.5) is 0 Å². The van der Waals surface area contributed by atoms with Gasteiger partial charge in [-0.3, -0.25) is 4.79 Å². The van der Waals surface area contributed by atoms with Crippen molar-refractivity contribution in [2.24, 2.45) is 56.7 Å². The van der Waals surface area contributed by atoms with E-state index in [1.54, 1.807) is 0 Å². The molecular formula is C29H48O. The van der Waals surface area contributed by atoms with E-state index in [-0.39, 0.29) is 0 Å². The van der Waals surface area contributed by atoms with Crippen LogP contribution in [0.15, 0.2) is 0 Å². The minimum atomic E-state index is 0.359. The zero-order chi connectivity index (χ0) is 21.7. The van der Waals surface area contributed by atoms with Gasteiger partial charge in [0.1, 0.15) is 5.78 Å². The van der Waals surface area contributed by atoms with Crippen molar-refractivity contribution in [3.05, 3.63) is 0 Å². The molecule has 0 unspecified atom stereocenters. The minimum absolute atomic E-state index is 0.359. The van der Waals surface area contributed by atoms with Crippen LogP contribution in [0.1, 0.15) is 119 Å². The molecule has 30 heavy (non-hydrogen) atoms. The predicted molar refractivity (Wildman–Crippen MR) is 125 cm³/mol. The summed E-state index contributed by atoms with van der Waals surface area (Å²) >= 11 is 0. The minimum Gasteiger partial charge on any atom is -0.300 e. The van der Waals surface area contributed by atoms with Gasteiger partial charge in [0, 0.05) is 5.92 Å². The van der Waals surface area contributed by atoms with Gasteiger partial charge in [-0.15, -0.1) is 0 Å². The van der Waals surface area contributed by atoms with Gasteiger partial charge in [0.05, 0.1) is 0 Å². The zero-order valence-corrected chi connectivity index (χ0v) is 21.1. The lowest BCUT2D eigenvalue weighted by Gasteiger charge is -2.73. The average Bonchev–Trinajstić information content (AvgIpc) is 2.99. The molecule has 5 saturated carbocycles. The standard InChI is InChI=1S/C29H48O/c1-19(30)20-11-16-26(4)21(20)12-17-28(6)23(26)9-10-24-27(5)15-8-14-25(2,3)22(27)13-18-29(24,28)7/h20-24H,8-18H2,1-7H3/t20-,21+,22-,23+,24+,26-,27-,28+,29+/m0/s1. The van der Waals surface area contributed by atoms with Crippen molar-refractivity contribution in [2.75, 3.05) is 0 Å². The molecule has 1 heteroatoms. The smallest absolute Gasteiger partial charge is 0.133 e. The van der Waals surface area contributed by atoms with Crippen LogP contribution < -0.4 is 0 Å². The molecule has 0 aromatic rings. The quantitative estimate of drug-likeness (QED) is 0.425. The molecule has 5 fully saturated rings. The molecule has 1 nitrogen and oxygen atoms in total. The highest BCUT2D eigenvalue weighted by Gasteiger charge is 2.70. The molecule has 0 N–H and O–H groups in total. The number of ketones is 1. The monoisotopic (exact) mass is 412 g/mol. The molecule has 0 amide bonds. The third kappa shape index (κ3) is 2.45. The van der Waals surface area contributed by atoms with E-state index in [9.17, 15) is 4.79 Å². The second-order valence-corrected chi connectivity index (χ2v) is 14.4. The van der Waals surface area contributed by atoms with Crippen LogP contribution in [-0.4, -0.2) is 5.78 Å². The lowest BCUT2D eigenvalue weighted by molar-refractivity contribution is -0.240. The molecule has 170 valence electrons. The van der Waals surface area contributed by atoms with Gasteiger partial charge in [0.15, 0.2) is 0 Å². The molecule has 5 aliphatic rings. The fourth-order valence-corrected chi connectivity index (χ4v) is 11.8. The van der Waals surface area contributed by atoms with Crippen LogP contribution >= 0.6 is 0 Å². The summed E-state index contributed by atoms with van der Waals surface area (Å²) in [5, 5.41) is 0. The molecule has 0 bridgehead atoms. The summed E-state index contributed by atoms with van der Waals surface area (Å²) in [6.45, 7) is 17.8. The molecular weight excluding hydrogens is 364 g/mol. The van der Waals surface area contributed by atoms with Crippen molar-refractivity contribution in [3.63, 3.8) is 0 Å². The lowest BCUT2D eigenvalue weighted by atomic mass is 9.32. The van der Waals surface area contributed by atoms with Crippen molar-refractivity contribution >= 4 is 5.78 Å². The topological polar surface area (TPSA) is 17.1 Å². The van der Waals surface area contributed by atoms with Gasteiger partial charge in [0.2, 0.25) is 0 Å². The number of fused-ring (bicyclic) bond motifs is 7. The molecule has 5 aliphatic carbocycles. The Morgan fingerprint density at radius 3 is 1.87 bits per heavy atom. The Bertz CT molecular complexity index is 737. The predicted octanol–water partition coefficient (Wildman–Crippen LogP) is 8.07. The van der Waals surface area contributed by atoms with Crippen LogP contribution in [0.5, 0.6) is 0 Å². The molecule has 0 saturated heterocycles. The van der Waals surface area contributed by atoms with Crippen LogP contribution in [-0.2, 0) is 4.79 Å². The van der Waals surface area contributed by atoms with Crippen LogP contribution in [0.3, 0.4) is 0 Å². The first-order valence-corrected chi connectivity index (χ1v) is 13.4. The first-order chi connectivity index (χ1) is 13.9. The lowest BCUT2D eigenvalue weighted by Crippen LogP contribution is -2.65. The highest BCUT2D eigenvalue weighted by molar-refractivity contribution is 5.79. The van der Waals surface area contributed by atoms with E-state index in [4.69, 9.17) is 0 Å². The van der Waals surface area contributed by atoms with E-state index in [1.165, 1.54) is 64.2 Å². The molecule has 9 atom stereocenters. The van der Waals surface area contributed by atoms with Gasteiger partial charge in [-0.1, -0.05) is 48.0 Å². The van der Waals surface area contributed by atoms with Gasteiger partial charge in [0.25, 0.3) is 0 Å². The Morgan fingerprint density at radius 1 is 0.633 bits per heavy atom. The first-order valence-electron chi connectivity index (χ1n) is 13.4. The number of hydrogen-bond donors (Lipinski definition) is 0. The van der Waals surface area contributed by atoms with Crippen LogP contribution in [0, 0.1) is 56.7 Å². The molecule has 0 aromatic heterocycles. The van der Waals surface area contributed by atoms with E-state index < -0.39 is 0 Å². The summed E-state index contributed by atoms with van der Waals surface area (Å²) in [4.78, 5) is 12.4. The van der Waals surface area contributed by atoms with E-state index >= 15 is 0 Å². The second-order valence-electron chi connectivity index (χ2n) is 14.4. The Hall–Kier alpha value is -0.330. The number of Topliss-reactive ketones (excluding diaryl/α,β-unsaturated/α-hetero) is 1. The summed E-state index contributed by atoms with van der Waals surface area (Å²) in [6, 6.07) is 0. The van der Waals surface area contributed by atoms with Crippen molar-refractivity contribution in [1.29, 1.82) is 0 Å². The van der Waals surface area contributed by atoms with Crippen molar-refractivity contribution in [1.82, 2.24) is 0 Å². The summed E-state index contributed by atoms with van der Waals surface area (Å²) in [5.74, 6) is 4.13. The fourth-order valence-electron chi connectivity index (χ4n) is 11.8. The number of hydrogen-bond acceptors (Lipinski definition) is 1. The van der Waals surface area contributed by atoms with Crippen molar-refractivity contribution in [2.45, 2.75) is 119 Å². The maximum atomic E-state index is 12.4. The average molecular weight is 413 g/mol. The van der Waals surface area contributed by atoms with Crippen LogP contribution in [0.25, 0.3) is 0 Å². The number of rotatable bonds is 1. The van der Waals surface area contributed by atoms with Crippen molar-refractivity contribution in [3.8, 4) is 0 Å². The molecule has 5 rings (SSSR count). The Kier molecular flexibility index (Phi) is 4.57. The van der Waals surface area contributed by atoms with Crippen LogP contribution in [0.2, 0.25) is 0 Å². The van der Waals surface area contributed by atoms with Gasteiger partial charge in [-0.2, -0.15) is 0 Å². The first kappa shape index (κ1) is 21.5. The van der Waals surface area contributed by atoms with Gasteiger partial charge >= 0.3 is 0 Å². The normalized spacial score (nSPS) is 57.0. The third-order valence-corrected chi connectivity index (χ3v) is 13.2. The SMILES string of the molecule is CC(=O)[C@@H]1CC[C@@]2(C)[C@@H]1CC[C@]1(C)[C@@H]2CC[C@@H]2[C@@]3(C)CCCC(C)(C)[C@@H]3CC[C@]21C.